The maximum Gasteiger partial charge on any atom is 0.326 e. The summed E-state index contributed by atoms with van der Waals surface area (Å²) in [5, 5.41) is 2.94. The Bertz CT molecular complexity index is 669. The molecule has 3 rings (SSSR count). The smallest absolute Gasteiger partial charge is 0.326 e. The van der Waals surface area contributed by atoms with Gasteiger partial charge in [0.25, 0.3) is 0 Å². The first kappa shape index (κ1) is 13.5. The second-order valence-electron chi connectivity index (χ2n) is 5.18. The highest BCUT2D eigenvalue weighted by molar-refractivity contribution is 6.04. The SMILES string of the molecule is COc1ccccc1NC(=O)N1c2ccccc2C[C@@H]1C. The summed E-state index contributed by atoms with van der Waals surface area (Å²) in [6.07, 6.45) is 0.884. The van der Waals surface area contributed by atoms with E-state index in [-0.39, 0.29) is 12.1 Å². The van der Waals surface area contributed by atoms with E-state index in [1.54, 1.807) is 7.11 Å². The molecule has 2 aromatic carbocycles. The molecular weight excluding hydrogens is 264 g/mol. The minimum absolute atomic E-state index is 0.128. The highest BCUT2D eigenvalue weighted by Gasteiger charge is 2.30. The number of hydrogen-bond donors (Lipinski definition) is 1. The van der Waals surface area contributed by atoms with Gasteiger partial charge in [0.1, 0.15) is 5.75 Å². The van der Waals surface area contributed by atoms with Gasteiger partial charge in [-0.25, -0.2) is 4.79 Å². The molecule has 1 N–H and O–H groups in total. The van der Waals surface area contributed by atoms with Gasteiger partial charge >= 0.3 is 6.03 Å². The van der Waals surface area contributed by atoms with Crippen molar-refractivity contribution in [2.45, 2.75) is 19.4 Å². The first-order chi connectivity index (χ1) is 10.2. The van der Waals surface area contributed by atoms with Gasteiger partial charge < -0.3 is 10.1 Å². The van der Waals surface area contributed by atoms with Crippen molar-refractivity contribution in [3.8, 4) is 5.75 Å². The molecule has 0 aliphatic carbocycles. The zero-order chi connectivity index (χ0) is 14.8. The number of fused-ring (bicyclic) bond motifs is 1. The summed E-state index contributed by atoms with van der Waals surface area (Å²) in [6.45, 7) is 2.06. The molecule has 1 atom stereocenters. The zero-order valence-electron chi connectivity index (χ0n) is 12.2. The van der Waals surface area contributed by atoms with Crippen molar-refractivity contribution in [3.05, 3.63) is 54.1 Å². The van der Waals surface area contributed by atoms with Crippen molar-refractivity contribution >= 4 is 17.4 Å². The van der Waals surface area contributed by atoms with E-state index in [0.717, 1.165) is 12.1 Å². The number of carbonyl (C=O) groups is 1. The summed E-state index contributed by atoms with van der Waals surface area (Å²) in [5.41, 5.74) is 2.87. The maximum absolute atomic E-state index is 12.6. The lowest BCUT2D eigenvalue weighted by Gasteiger charge is -2.23. The van der Waals surface area contributed by atoms with Crippen molar-refractivity contribution in [1.82, 2.24) is 0 Å². The van der Waals surface area contributed by atoms with Gasteiger partial charge in [-0.2, -0.15) is 0 Å². The van der Waals surface area contributed by atoms with E-state index in [1.807, 2.05) is 47.4 Å². The minimum atomic E-state index is -0.128. The second kappa shape index (κ2) is 5.48. The molecule has 0 bridgehead atoms. The number of ether oxygens (including phenoxy) is 1. The first-order valence-electron chi connectivity index (χ1n) is 7.02. The highest BCUT2D eigenvalue weighted by Crippen LogP contribution is 2.33. The highest BCUT2D eigenvalue weighted by atomic mass is 16.5. The van der Waals surface area contributed by atoms with Crippen LogP contribution in [0.3, 0.4) is 0 Å². The lowest BCUT2D eigenvalue weighted by Crippen LogP contribution is -2.39. The summed E-state index contributed by atoms with van der Waals surface area (Å²) >= 11 is 0. The van der Waals surface area contributed by atoms with Crippen LogP contribution in [-0.2, 0) is 6.42 Å². The number of methoxy groups -OCH3 is 1. The molecule has 0 aromatic heterocycles. The lowest BCUT2D eigenvalue weighted by molar-refractivity contribution is 0.255. The average molecular weight is 282 g/mol. The fraction of sp³-hybridized carbons (Fsp3) is 0.235. The molecule has 0 saturated carbocycles. The number of amides is 2. The summed E-state index contributed by atoms with van der Waals surface area (Å²) in [4.78, 5) is 14.4. The van der Waals surface area contributed by atoms with Gasteiger partial charge in [-0.15, -0.1) is 0 Å². The fourth-order valence-corrected chi connectivity index (χ4v) is 2.80. The molecule has 0 saturated heterocycles. The third-order valence-electron chi connectivity index (χ3n) is 3.77. The van der Waals surface area contributed by atoms with Crippen molar-refractivity contribution in [2.24, 2.45) is 0 Å². The molecule has 0 radical (unpaired) electrons. The Balaban J connectivity index is 1.86. The predicted molar refractivity (Wildman–Crippen MR) is 84.1 cm³/mol. The van der Waals surface area contributed by atoms with Crippen LogP contribution in [0.2, 0.25) is 0 Å². The quantitative estimate of drug-likeness (QED) is 0.913. The summed E-state index contributed by atoms with van der Waals surface area (Å²) < 4.78 is 5.27. The molecule has 4 heteroatoms. The molecule has 2 amide bonds. The van der Waals surface area contributed by atoms with E-state index in [4.69, 9.17) is 4.74 Å². The summed E-state index contributed by atoms with van der Waals surface area (Å²) in [7, 11) is 1.60. The van der Waals surface area contributed by atoms with Crippen molar-refractivity contribution in [2.75, 3.05) is 17.3 Å². The third-order valence-corrected chi connectivity index (χ3v) is 3.77. The van der Waals surface area contributed by atoms with E-state index < -0.39 is 0 Å². The Morgan fingerprint density at radius 2 is 1.90 bits per heavy atom. The first-order valence-corrected chi connectivity index (χ1v) is 7.02. The van der Waals surface area contributed by atoms with Gasteiger partial charge in [0.2, 0.25) is 0 Å². The average Bonchev–Trinajstić information content (AvgIpc) is 2.83. The topological polar surface area (TPSA) is 41.6 Å². The van der Waals surface area contributed by atoms with Gasteiger partial charge in [-0.1, -0.05) is 30.3 Å². The Morgan fingerprint density at radius 3 is 2.71 bits per heavy atom. The van der Waals surface area contributed by atoms with E-state index in [2.05, 4.69) is 18.3 Å². The van der Waals surface area contributed by atoms with Gasteiger partial charge in [-0.3, -0.25) is 4.90 Å². The normalized spacial score (nSPS) is 16.5. The number of carbonyl (C=O) groups excluding carboxylic acids is 1. The number of nitrogens with one attached hydrogen (secondary N) is 1. The van der Waals surface area contributed by atoms with E-state index in [1.165, 1.54) is 5.56 Å². The Hall–Kier alpha value is -2.49. The van der Waals surface area contributed by atoms with Crippen LogP contribution in [0.1, 0.15) is 12.5 Å². The van der Waals surface area contributed by atoms with E-state index >= 15 is 0 Å². The number of para-hydroxylation sites is 3. The molecule has 1 aliphatic rings. The molecule has 0 fully saturated rings. The Morgan fingerprint density at radius 1 is 1.19 bits per heavy atom. The number of hydrogen-bond acceptors (Lipinski definition) is 2. The molecule has 1 heterocycles. The lowest BCUT2D eigenvalue weighted by atomic mass is 10.1. The predicted octanol–water partition coefficient (Wildman–Crippen LogP) is 3.68. The van der Waals surface area contributed by atoms with Crippen LogP contribution in [0.5, 0.6) is 5.75 Å². The van der Waals surface area contributed by atoms with Gasteiger partial charge in [-0.05, 0) is 37.1 Å². The molecule has 2 aromatic rings. The van der Waals surface area contributed by atoms with Crippen LogP contribution in [0.25, 0.3) is 0 Å². The Kier molecular flexibility index (Phi) is 3.52. The molecule has 1 aliphatic heterocycles. The number of benzene rings is 2. The monoisotopic (exact) mass is 282 g/mol. The summed E-state index contributed by atoms with van der Waals surface area (Å²) in [6, 6.07) is 15.5. The van der Waals surface area contributed by atoms with Crippen LogP contribution in [0, 0.1) is 0 Å². The molecule has 0 spiro atoms. The van der Waals surface area contributed by atoms with Crippen molar-refractivity contribution < 1.29 is 9.53 Å². The second-order valence-corrected chi connectivity index (χ2v) is 5.18. The number of anilines is 2. The molecule has 108 valence electrons. The van der Waals surface area contributed by atoms with Gasteiger partial charge in [0, 0.05) is 11.7 Å². The number of nitrogens with zero attached hydrogens (tertiary/aromatic N) is 1. The fourth-order valence-electron chi connectivity index (χ4n) is 2.80. The molecule has 21 heavy (non-hydrogen) atoms. The summed E-state index contributed by atoms with van der Waals surface area (Å²) in [5.74, 6) is 0.658. The van der Waals surface area contributed by atoms with Crippen molar-refractivity contribution in [1.29, 1.82) is 0 Å². The van der Waals surface area contributed by atoms with Gasteiger partial charge in [0.05, 0.1) is 12.8 Å². The standard InChI is InChI=1S/C17H18N2O2/c1-12-11-13-7-3-5-9-15(13)19(12)17(20)18-14-8-4-6-10-16(14)21-2/h3-10,12H,11H2,1-2H3,(H,18,20)/t12-/m0/s1. The zero-order valence-corrected chi connectivity index (χ0v) is 12.2. The van der Waals surface area contributed by atoms with Crippen LogP contribution in [-0.4, -0.2) is 19.2 Å². The van der Waals surface area contributed by atoms with E-state index in [0.29, 0.717) is 11.4 Å². The Labute approximate surface area is 124 Å². The van der Waals surface area contributed by atoms with Crippen LogP contribution in [0.4, 0.5) is 16.2 Å². The molecule has 4 nitrogen and oxygen atoms in total. The van der Waals surface area contributed by atoms with Crippen LogP contribution >= 0.6 is 0 Å². The van der Waals surface area contributed by atoms with E-state index in [9.17, 15) is 4.79 Å². The van der Waals surface area contributed by atoms with Crippen molar-refractivity contribution in [3.63, 3.8) is 0 Å². The van der Waals surface area contributed by atoms with Gasteiger partial charge in [0.15, 0.2) is 0 Å². The van der Waals surface area contributed by atoms with Crippen LogP contribution in [0.15, 0.2) is 48.5 Å². The van der Waals surface area contributed by atoms with Crippen LogP contribution < -0.4 is 15.0 Å². The largest absolute Gasteiger partial charge is 0.495 e. The molecule has 0 unspecified atom stereocenters. The number of urea groups is 1. The minimum Gasteiger partial charge on any atom is -0.495 e. The molecular formula is C17H18N2O2. The maximum atomic E-state index is 12.6. The third kappa shape index (κ3) is 2.44. The number of rotatable bonds is 2.